The van der Waals surface area contributed by atoms with E-state index in [0.29, 0.717) is 4.91 Å². The number of amides is 2. The molecule has 0 saturated carbocycles. The zero-order valence-corrected chi connectivity index (χ0v) is 10.3. The first kappa shape index (κ1) is 11.5. The topological polar surface area (TPSA) is 43.9 Å². The molecule has 0 unspecified atom stereocenters. The molecule has 88 valence electrons. The minimum Gasteiger partial charge on any atom is -0.374 e. The Morgan fingerprint density at radius 1 is 1.12 bits per heavy atom. The van der Waals surface area contributed by atoms with Crippen LogP contribution in [0.15, 0.2) is 11.1 Å². The average molecular weight is 241 g/mol. The third-order valence-electron chi connectivity index (χ3n) is 2.82. The number of imide groups is 1. The van der Waals surface area contributed by atoms with Crippen molar-refractivity contribution in [1.82, 2.24) is 14.7 Å². The molecule has 2 saturated heterocycles. The molecular formula is C10H15N3O2S. The molecule has 0 radical (unpaired) electrons. The van der Waals surface area contributed by atoms with E-state index in [1.807, 2.05) is 6.20 Å². The van der Waals surface area contributed by atoms with E-state index in [0.717, 1.165) is 42.8 Å². The van der Waals surface area contributed by atoms with Gasteiger partial charge in [-0.15, -0.1) is 0 Å². The lowest BCUT2D eigenvalue weighted by Gasteiger charge is -2.31. The second-order valence-corrected chi connectivity index (χ2v) is 5.06. The Bertz CT molecular complexity index is 348. The Kier molecular flexibility index (Phi) is 3.20. The molecule has 0 aromatic heterocycles. The summed E-state index contributed by atoms with van der Waals surface area (Å²) in [5, 5.41) is -0.189. The molecule has 2 heterocycles. The highest BCUT2D eigenvalue weighted by molar-refractivity contribution is 8.18. The normalized spacial score (nSPS) is 26.0. The molecule has 6 heteroatoms. The van der Waals surface area contributed by atoms with Gasteiger partial charge in [0.25, 0.3) is 11.1 Å². The minimum atomic E-state index is -0.189. The number of likely N-dealkylation sites (N-methyl/N-ethyl adjacent to an activating group) is 2. The zero-order chi connectivity index (χ0) is 11.7. The van der Waals surface area contributed by atoms with Crippen LogP contribution in [0.1, 0.15) is 0 Å². The molecule has 0 N–H and O–H groups in total. The first-order chi connectivity index (χ1) is 7.58. The van der Waals surface area contributed by atoms with Gasteiger partial charge in [-0.2, -0.15) is 0 Å². The summed E-state index contributed by atoms with van der Waals surface area (Å²) in [6.45, 7) is 3.80. The van der Waals surface area contributed by atoms with E-state index < -0.39 is 0 Å². The van der Waals surface area contributed by atoms with Gasteiger partial charge in [0.1, 0.15) is 0 Å². The largest absolute Gasteiger partial charge is 0.374 e. The molecule has 0 atom stereocenters. The van der Waals surface area contributed by atoms with E-state index in [9.17, 15) is 9.59 Å². The summed E-state index contributed by atoms with van der Waals surface area (Å²) in [7, 11) is 3.60. The van der Waals surface area contributed by atoms with Gasteiger partial charge in [-0.1, -0.05) is 0 Å². The maximum absolute atomic E-state index is 11.6. The highest BCUT2D eigenvalue weighted by Crippen LogP contribution is 2.29. The zero-order valence-electron chi connectivity index (χ0n) is 9.47. The lowest BCUT2D eigenvalue weighted by Crippen LogP contribution is -2.42. The number of carbonyl (C=O) groups is 2. The SMILES string of the molecule is CN1CCN(/C=C2\SC(=O)N(C)C2=O)CC1. The molecule has 0 aromatic carbocycles. The second kappa shape index (κ2) is 4.47. The molecule has 2 aliphatic heterocycles. The molecule has 0 bridgehead atoms. The summed E-state index contributed by atoms with van der Waals surface area (Å²) in [6, 6.07) is 0. The number of nitrogens with zero attached hydrogens (tertiary/aromatic N) is 3. The fourth-order valence-corrected chi connectivity index (χ4v) is 2.49. The predicted molar refractivity (Wildman–Crippen MR) is 62.9 cm³/mol. The quantitative estimate of drug-likeness (QED) is 0.622. The third kappa shape index (κ3) is 2.22. The van der Waals surface area contributed by atoms with Gasteiger partial charge in [0.15, 0.2) is 0 Å². The summed E-state index contributed by atoms with van der Waals surface area (Å²) >= 11 is 1.02. The lowest BCUT2D eigenvalue weighted by atomic mass is 10.3. The van der Waals surface area contributed by atoms with Gasteiger partial charge >= 0.3 is 0 Å². The Labute approximate surface area is 99.0 Å². The van der Waals surface area contributed by atoms with Crippen molar-refractivity contribution in [3.05, 3.63) is 11.1 Å². The fourth-order valence-electron chi connectivity index (χ4n) is 1.65. The summed E-state index contributed by atoms with van der Waals surface area (Å²) in [6.07, 6.45) is 1.82. The van der Waals surface area contributed by atoms with Crippen LogP contribution in [0.4, 0.5) is 4.79 Å². The van der Waals surface area contributed by atoms with Gasteiger partial charge in [-0.25, -0.2) is 0 Å². The Morgan fingerprint density at radius 3 is 2.25 bits per heavy atom. The van der Waals surface area contributed by atoms with Crippen LogP contribution in [-0.2, 0) is 4.79 Å². The molecule has 2 fully saturated rings. The molecule has 0 aliphatic carbocycles. The smallest absolute Gasteiger partial charge is 0.293 e. The Morgan fingerprint density at radius 2 is 1.75 bits per heavy atom. The maximum atomic E-state index is 11.6. The van der Waals surface area contributed by atoms with Crippen molar-refractivity contribution in [3.63, 3.8) is 0 Å². The van der Waals surface area contributed by atoms with Crippen LogP contribution in [0.2, 0.25) is 0 Å². The number of carbonyl (C=O) groups excluding carboxylic acids is 2. The molecular weight excluding hydrogens is 226 g/mol. The Balaban J connectivity index is 2.02. The molecule has 2 amide bonds. The van der Waals surface area contributed by atoms with Crippen LogP contribution in [0.3, 0.4) is 0 Å². The predicted octanol–water partition coefficient (Wildman–Crippen LogP) is 0.400. The van der Waals surface area contributed by atoms with Crippen molar-refractivity contribution in [2.24, 2.45) is 0 Å². The Hall–Kier alpha value is -1.01. The van der Waals surface area contributed by atoms with Crippen LogP contribution >= 0.6 is 11.8 Å². The summed E-state index contributed by atoms with van der Waals surface area (Å²) in [5.74, 6) is -0.186. The van der Waals surface area contributed by atoms with E-state index in [1.165, 1.54) is 7.05 Å². The van der Waals surface area contributed by atoms with Crippen molar-refractivity contribution < 1.29 is 9.59 Å². The number of thioether (sulfide) groups is 1. The van der Waals surface area contributed by atoms with E-state index >= 15 is 0 Å². The highest BCUT2D eigenvalue weighted by Gasteiger charge is 2.32. The fraction of sp³-hybridized carbons (Fsp3) is 0.600. The van der Waals surface area contributed by atoms with Crippen LogP contribution < -0.4 is 0 Å². The van der Waals surface area contributed by atoms with Gasteiger partial charge < -0.3 is 9.80 Å². The molecule has 5 nitrogen and oxygen atoms in total. The summed E-state index contributed by atoms with van der Waals surface area (Å²) in [5.41, 5.74) is 0. The monoisotopic (exact) mass is 241 g/mol. The van der Waals surface area contributed by atoms with Gasteiger partial charge in [-0.3, -0.25) is 14.5 Å². The van der Waals surface area contributed by atoms with E-state index in [2.05, 4.69) is 16.8 Å². The lowest BCUT2D eigenvalue weighted by molar-refractivity contribution is -0.121. The van der Waals surface area contributed by atoms with Gasteiger partial charge in [0.05, 0.1) is 4.91 Å². The first-order valence-corrected chi connectivity index (χ1v) is 6.04. The van der Waals surface area contributed by atoms with E-state index in [-0.39, 0.29) is 11.1 Å². The second-order valence-electron chi connectivity index (χ2n) is 4.06. The minimum absolute atomic E-state index is 0.186. The standard InChI is InChI=1S/C10H15N3O2S/c1-11-3-5-13(6-4-11)7-8-9(14)12(2)10(15)16-8/h7H,3-6H2,1-2H3/b8-7-. The first-order valence-electron chi connectivity index (χ1n) is 5.22. The van der Waals surface area contributed by atoms with Crippen LogP contribution in [0.25, 0.3) is 0 Å². The van der Waals surface area contributed by atoms with Gasteiger partial charge in [-0.05, 0) is 18.8 Å². The highest BCUT2D eigenvalue weighted by atomic mass is 32.2. The van der Waals surface area contributed by atoms with E-state index in [1.54, 1.807) is 0 Å². The van der Waals surface area contributed by atoms with Crippen molar-refractivity contribution >= 4 is 22.9 Å². The van der Waals surface area contributed by atoms with Crippen LogP contribution in [0.5, 0.6) is 0 Å². The number of hydrogen-bond donors (Lipinski definition) is 0. The van der Waals surface area contributed by atoms with Gasteiger partial charge in [0, 0.05) is 39.4 Å². The van der Waals surface area contributed by atoms with Crippen LogP contribution in [0, 0.1) is 0 Å². The van der Waals surface area contributed by atoms with E-state index in [4.69, 9.17) is 0 Å². The molecule has 2 aliphatic rings. The number of piperazine rings is 1. The molecule has 0 spiro atoms. The maximum Gasteiger partial charge on any atom is 0.293 e. The molecule has 2 rings (SSSR count). The number of rotatable bonds is 1. The van der Waals surface area contributed by atoms with Crippen molar-refractivity contribution in [2.45, 2.75) is 0 Å². The summed E-state index contributed by atoms with van der Waals surface area (Å²) in [4.78, 5) is 29.0. The number of hydrogen-bond acceptors (Lipinski definition) is 5. The summed E-state index contributed by atoms with van der Waals surface area (Å²) < 4.78 is 0. The third-order valence-corrected chi connectivity index (χ3v) is 3.77. The molecule has 16 heavy (non-hydrogen) atoms. The molecule has 0 aromatic rings. The van der Waals surface area contributed by atoms with Gasteiger partial charge in [0.2, 0.25) is 0 Å². The average Bonchev–Trinajstić information content (AvgIpc) is 2.50. The van der Waals surface area contributed by atoms with Crippen LogP contribution in [-0.4, -0.2) is 66.1 Å². The van der Waals surface area contributed by atoms with Crippen molar-refractivity contribution in [3.8, 4) is 0 Å². The van der Waals surface area contributed by atoms with Crippen molar-refractivity contribution in [1.29, 1.82) is 0 Å². The van der Waals surface area contributed by atoms with Crippen molar-refractivity contribution in [2.75, 3.05) is 40.3 Å².